The number of rotatable bonds is 3. The molecule has 2 aromatic heterocycles. The maximum atomic E-state index is 12.2. The molecular weight excluding hydrogens is 280 g/mol. The highest BCUT2D eigenvalue weighted by molar-refractivity contribution is 5.77. The van der Waals surface area contributed by atoms with E-state index in [1.54, 1.807) is 4.52 Å². The van der Waals surface area contributed by atoms with Crippen molar-refractivity contribution in [2.75, 3.05) is 13.1 Å². The predicted octanol–water partition coefficient (Wildman–Crippen LogP) is 1.19. The van der Waals surface area contributed by atoms with Crippen LogP contribution < -0.4 is 5.56 Å². The molecule has 116 valence electrons. The summed E-state index contributed by atoms with van der Waals surface area (Å²) in [5.41, 5.74) is 3.89. The Bertz CT molecular complexity index is 821. The van der Waals surface area contributed by atoms with Gasteiger partial charge in [-0.05, 0) is 38.7 Å². The number of aromatic amines is 1. The molecule has 6 nitrogen and oxygen atoms in total. The second kappa shape index (κ2) is 4.44. The van der Waals surface area contributed by atoms with E-state index < -0.39 is 0 Å². The maximum absolute atomic E-state index is 12.2. The van der Waals surface area contributed by atoms with Gasteiger partial charge >= 0.3 is 0 Å². The van der Waals surface area contributed by atoms with Crippen molar-refractivity contribution in [2.45, 2.75) is 39.5 Å². The van der Waals surface area contributed by atoms with Crippen molar-refractivity contribution in [3.05, 3.63) is 33.4 Å². The standard InChI is InChI=1S/C16H20N4O2/c1-10-12(11(2)20-13(17-10)7-14(21)18-20)3-4-15(22)19-8-16(9-19)5-6-16/h7H,3-6,8-9H2,1-2H3,(H,18,21). The summed E-state index contributed by atoms with van der Waals surface area (Å²) in [5, 5.41) is 2.75. The second-order valence-corrected chi connectivity index (χ2v) is 6.82. The summed E-state index contributed by atoms with van der Waals surface area (Å²) < 4.78 is 1.71. The highest BCUT2D eigenvalue weighted by Crippen LogP contribution is 2.52. The van der Waals surface area contributed by atoms with E-state index in [9.17, 15) is 9.59 Å². The topological polar surface area (TPSA) is 70.5 Å². The molecule has 1 aliphatic heterocycles. The number of carbonyl (C=O) groups is 1. The quantitative estimate of drug-likeness (QED) is 0.926. The zero-order chi connectivity index (χ0) is 15.5. The summed E-state index contributed by atoms with van der Waals surface area (Å²) in [5.74, 6) is 0.234. The van der Waals surface area contributed by atoms with Gasteiger partial charge in [-0.1, -0.05) is 0 Å². The Morgan fingerprint density at radius 1 is 1.36 bits per heavy atom. The third kappa shape index (κ3) is 2.05. The minimum absolute atomic E-state index is 0.154. The molecule has 22 heavy (non-hydrogen) atoms. The zero-order valence-electron chi connectivity index (χ0n) is 13.0. The molecule has 1 aliphatic carbocycles. The summed E-state index contributed by atoms with van der Waals surface area (Å²) in [4.78, 5) is 30.1. The fourth-order valence-corrected chi connectivity index (χ4v) is 3.54. The number of nitrogens with zero attached hydrogens (tertiary/aromatic N) is 3. The molecule has 1 N–H and O–H groups in total. The average Bonchev–Trinajstić information content (AvgIpc) is 3.14. The molecule has 6 heteroatoms. The third-order valence-corrected chi connectivity index (χ3v) is 5.15. The maximum Gasteiger partial charge on any atom is 0.266 e. The Morgan fingerprint density at radius 3 is 2.77 bits per heavy atom. The van der Waals surface area contributed by atoms with Crippen molar-refractivity contribution in [3.8, 4) is 0 Å². The Hall–Kier alpha value is -2.11. The van der Waals surface area contributed by atoms with Gasteiger partial charge in [-0.15, -0.1) is 0 Å². The second-order valence-electron chi connectivity index (χ2n) is 6.82. The lowest BCUT2D eigenvalue weighted by Crippen LogP contribution is -2.51. The summed E-state index contributed by atoms with van der Waals surface area (Å²) in [6, 6.07) is 1.49. The summed E-state index contributed by atoms with van der Waals surface area (Å²) in [6.07, 6.45) is 3.76. The molecule has 1 spiro atoms. The molecule has 1 saturated carbocycles. The number of amides is 1. The molecule has 0 radical (unpaired) electrons. The molecule has 1 saturated heterocycles. The molecule has 0 unspecified atom stereocenters. The lowest BCUT2D eigenvalue weighted by molar-refractivity contribution is -0.138. The Kier molecular flexibility index (Phi) is 2.74. The first-order valence-electron chi connectivity index (χ1n) is 7.83. The lowest BCUT2D eigenvalue weighted by atomic mass is 9.95. The normalized spacial score (nSPS) is 18.7. The zero-order valence-corrected chi connectivity index (χ0v) is 13.0. The van der Waals surface area contributed by atoms with Crippen molar-refractivity contribution in [2.24, 2.45) is 5.41 Å². The monoisotopic (exact) mass is 300 g/mol. The van der Waals surface area contributed by atoms with Crippen LogP contribution in [0.15, 0.2) is 10.9 Å². The van der Waals surface area contributed by atoms with Crippen LogP contribution >= 0.6 is 0 Å². The number of likely N-dealkylation sites (tertiary alicyclic amines) is 1. The summed E-state index contributed by atoms with van der Waals surface area (Å²) >= 11 is 0. The predicted molar refractivity (Wildman–Crippen MR) is 81.9 cm³/mol. The molecule has 2 fully saturated rings. The van der Waals surface area contributed by atoms with Gasteiger partial charge in [0.2, 0.25) is 5.91 Å². The molecule has 4 rings (SSSR count). The highest BCUT2D eigenvalue weighted by atomic mass is 16.2. The van der Waals surface area contributed by atoms with Crippen molar-refractivity contribution in [1.82, 2.24) is 19.5 Å². The van der Waals surface area contributed by atoms with Gasteiger partial charge in [-0.2, -0.15) is 0 Å². The minimum Gasteiger partial charge on any atom is -0.341 e. The van der Waals surface area contributed by atoms with Crippen LogP contribution in [0.4, 0.5) is 0 Å². The highest BCUT2D eigenvalue weighted by Gasteiger charge is 2.53. The van der Waals surface area contributed by atoms with Crippen LogP contribution in [0.2, 0.25) is 0 Å². The lowest BCUT2D eigenvalue weighted by Gasteiger charge is -2.40. The minimum atomic E-state index is -0.154. The molecule has 1 amide bonds. The number of hydrogen-bond donors (Lipinski definition) is 1. The molecular formula is C16H20N4O2. The number of aromatic nitrogens is 3. The van der Waals surface area contributed by atoms with E-state index >= 15 is 0 Å². The first-order valence-corrected chi connectivity index (χ1v) is 7.83. The number of aryl methyl sites for hydroxylation is 2. The van der Waals surface area contributed by atoms with Gasteiger partial charge in [-0.3, -0.25) is 14.7 Å². The molecule has 3 heterocycles. The molecule has 0 aromatic carbocycles. The van der Waals surface area contributed by atoms with Crippen LogP contribution in [0.25, 0.3) is 5.65 Å². The van der Waals surface area contributed by atoms with E-state index in [-0.39, 0.29) is 11.5 Å². The van der Waals surface area contributed by atoms with Crippen LogP contribution in [-0.2, 0) is 11.2 Å². The SMILES string of the molecule is Cc1nc2cc(=O)[nH]n2c(C)c1CCC(=O)N1CC2(CC2)C1. The van der Waals surface area contributed by atoms with Crippen LogP contribution in [0, 0.1) is 19.3 Å². The van der Waals surface area contributed by atoms with Gasteiger partial charge in [0, 0.05) is 42.4 Å². The number of hydrogen-bond acceptors (Lipinski definition) is 3. The first-order chi connectivity index (χ1) is 10.5. The van der Waals surface area contributed by atoms with Gasteiger partial charge in [0.25, 0.3) is 5.56 Å². The van der Waals surface area contributed by atoms with Crippen molar-refractivity contribution < 1.29 is 4.79 Å². The fourth-order valence-electron chi connectivity index (χ4n) is 3.54. The number of nitrogens with one attached hydrogen (secondary N) is 1. The van der Waals surface area contributed by atoms with Crippen molar-refractivity contribution in [1.29, 1.82) is 0 Å². The molecule has 2 aliphatic rings. The number of H-pyrrole nitrogens is 1. The average molecular weight is 300 g/mol. The Labute approximate surface area is 128 Å². The van der Waals surface area contributed by atoms with Gasteiger partial charge in [0.05, 0.1) is 0 Å². The van der Waals surface area contributed by atoms with Crippen molar-refractivity contribution in [3.63, 3.8) is 0 Å². The molecule has 0 bridgehead atoms. The fraction of sp³-hybridized carbons (Fsp3) is 0.562. The van der Waals surface area contributed by atoms with Gasteiger partial charge in [0.1, 0.15) is 0 Å². The Balaban J connectivity index is 1.51. The van der Waals surface area contributed by atoms with Crippen LogP contribution in [0.3, 0.4) is 0 Å². The van der Waals surface area contributed by atoms with E-state index in [1.165, 1.54) is 18.9 Å². The largest absolute Gasteiger partial charge is 0.341 e. The smallest absolute Gasteiger partial charge is 0.266 e. The van der Waals surface area contributed by atoms with Crippen LogP contribution in [0.1, 0.15) is 36.2 Å². The van der Waals surface area contributed by atoms with E-state index in [4.69, 9.17) is 0 Å². The van der Waals surface area contributed by atoms with Gasteiger partial charge < -0.3 is 4.90 Å². The van der Waals surface area contributed by atoms with E-state index in [0.29, 0.717) is 23.9 Å². The summed E-state index contributed by atoms with van der Waals surface area (Å²) in [6.45, 7) is 5.80. The van der Waals surface area contributed by atoms with Gasteiger partial charge in [-0.25, -0.2) is 9.50 Å². The summed E-state index contributed by atoms with van der Waals surface area (Å²) in [7, 11) is 0. The van der Waals surface area contributed by atoms with E-state index in [2.05, 4.69) is 10.1 Å². The van der Waals surface area contributed by atoms with Crippen LogP contribution in [0.5, 0.6) is 0 Å². The molecule has 0 atom stereocenters. The van der Waals surface area contributed by atoms with Gasteiger partial charge in [0.15, 0.2) is 5.65 Å². The third-order valence-electron chi connectivity index (χ3n) is 5.15. The number of carbonyl (C=O) groups excluding carboxylic acids is 1. The van der Waals surface area contributed by atoms with Crippen LogP contribution in [-0.4, -0.2) is 38.5 Å². The Morgan fingerprint density at radius 2 is 2.09 bits per heavy atom. The first kappa shape index (κ1) is 13.5. The van der Waals surface area contributed by atoms with E-state index in [1.807, 2.05) is 18.7 Å². The number of fused-ring (bicyclic) bond motifs is 1. The van der Waals surface area contributed by atoms with Crippen molar-refractivity contribution >= 4 is 11.6 Å². The molecule has 2 aromatic rings. The van der Waals surface area contributed by atoms with E-state index in [0.717, 1.165) is 30.0 Å².